The van der Waals surface area contributed by atoms with Crippen LogP contribution in [0.25, 0.3) is 16.8 Å². The Hall–Kier alpha value is -2.82. The summed E-state index contributed by atoms with van der Waals surface area (Å²) in [5.74, 6) is 0.827. The number of hydrogen-bond donors (Lipinski definition) is 0. The second kappa shape index (κ2) is 6.52. The highest BCUT2D eigenvalue weighted by Crippen LogP contribution is 2.22. The lowest BCUT2D eigenvalue weighted by molar-refractivity contribution is 0.415. The number of benzene rings is 1. The lowest BCUT2D eigenvalue weighted by Gasteiger charge is -2.06. The van der Waals surface area contributed by atoms with Crippen molar-refractivity contribution in [2.24, 2.45) is 0 Å². The smallest absolute Gasteiger partial charge is 0.250 e. The minimum Gasteiger partial charge on any atom is -0.497 e. The Morgan fingerprint density at radius 2 is 1.83 bits per heavy atom. The molecule has 0 aliphatic rings. The van der Waals surface area contributed by atoms with Gasteiger partial charge in [-0.1, -0.05) is 19.1 Å². The lowest BCUT2D eigenvalue weighted by atomic mass is 10.1. The highest BCUT2D eigenvalue weighted by molar-refractivity contribution is 5.63. The fourth-order valence-electron chi connectivity index (χ4n) is 2.47. The topological polar surface area (TPSA) is 49.0 Å². The number of hydrogen-bond acceptors (Lipinski definition) is 3. The Morgan fingerprint density at radius 3 is 2.52 bits per heavy atom. The lowest BCUT2D eigenvalue weighted by Crippen LogP contribution is -2.19. The highest BCUT2D eigenvalue weighted by atomic mass is 16.5. The summed E-state index contributed by atoms with van der Waals surface area (Å²) < 4.78 is 8.67. The van der Waals surface area contributed by atoms with Gasteiger partial charge in [0.05, 0.1) is 19.0 Å². The molecule has 0 radical (unpaired) electrons. The van der Waals surface area contributed by atoms with Crippen molar-refractivity contribution in [2.45, 2.75) is 19.9 Å². The average Bonchev–Trinajstić information content (AvgIpc) is 3.07. The number of ether oxygens (including phenoxy) is 1. The molecule has 5 heteroatoms. The van der Waals surface area contributed by atoms with Crippen molar-refractivity contribution in [3.63, 3.8) is 0 Å². The predicted octanol–water partition coefficient (Wildman–Crippen LogP) is 3.12. The van der Waals surface area contributed by atoms with Crippen LogP contribution in [0, 0.1) is 0 Å². The van der Waals surface area contributed by atoms with E-state index in [1.165, 1.54) is 0 Å². The Bertz CT molecular complexity index is 847. The molecule has 0 spiro atoms. The summed E-state index contributed by atoms with van der Waals surface area (Å²) in [5, 5.41) is 4.41. The maximum absolute atomic E-state index is 11.8. The van der Waals surface area contributed by atoms with Crippen molar-refractivity contribution in [1.82, 2.24) is 14.3 Å². The van der Waals surface area contributed by atoms with Crippen LogP contribution < -0.4 is 10.3 Å². The molecule has 23 heavy (non-hydrogen) atoms. The van der Waals surface area contributed by atoms with E-state index >= 15 is 0 Å². The summed E-state index contributed by atoms with van der Waals surface area (Å²) in [7, 11) is 1.65. The van der Waals surface area contributed by atoms with Gasteiger partial charge in [0.2, 0.25) is 0 Å². The molecule has 0 unspecified atom stereocenters. The number of pyridine rings is 1. The molecule has 2 heterocycles. The molecule has 0 saturated heterocycles. The van der Waals surface area contributed by atoms with E-state index in [0.717, 1.165) is 29.0 Å². The van der Waals surface area contributed by atoms with Gasteiger partial charge in [-0.15, -0.1) is 0 Å². The van der Waals surface area contributed by atoms with Crippen molar-refractivity contribution in [3.8, 4) is 22.6 Å². The van der Waals surface area contributed by atoms with Crippen LogP contribution in [0.1, 0.15) is 13.3 Å². The summed E-state index contributed by atoms with van der Waals surface area (Å²) in [5.41, 5.74) is 2.97. The van der Waals surface area contributed by atoms with Gasteiger partial charge >= 0.3 is 0 Å². The van der Waals surface area contributed by atoms with E-state index in [0.29, 0.717) is 6.54 Å². The van der Waals surface area contributed by atoms with Crippen LogP contribution in [0.4, 0.5) is 0 Å². The normalized spacial score (nSPS) is 10.7. The van der Waals surface area contributed by atoms with Crippen LogP contribution in [-0.4, -0.2) is 21.5 Å². The van der Waals surface area contributed by atoms with E-state index in [2.05, 4.69) is 12.0 Å². The largest absolute Gasteiger partial charge is 0.497 e. The standard InChI is InChI=1S/C18H19N3O2/c1-3-10-20-13-16(6-9-18(20)22)21-12-15(11-19-21)14-4-7-17(23-2)8-5-14/h4-9,11-13H,3,10H2,1-2H3. The first-order valence-corrected chi connectivity index (χ1v) is 7.61. The van der Waals surface area contributed by atoms with E-state index in [1.54, 1.807) is 28.5 Å². The van der Waals surface area contributed by atoms with Crippen LogP contribution in [0.15, 0.2) is 59.8 Å². The molecule has 0 amide bonds. The van der Waals surface area contributed by atoms with Crippen molar-refractivity contribution in [1.29, 1.82) is 0 Å². The molecule has 5 nitrogen and oxygen atoms in total. The second-order valence-corrected chi connectivity index (χ2v) is 5.32. The van der Waals surface area contributed by atoms with E-state index in [4.69, 9.17) is 4.74 Å². The van der Waals surface area contributed by atoms with Crippen molar-refractivity contribution < 1.29 is 4.74 Å². The molecule has 0 atom stereocenters. The number of aryl methyl sites for hydroxylation is 1. The summed E-state index contributed by atoms with van der Waals surface area (Å²) in [6, 6.07) is 11.2. The molecule has 0 N–H and O–H groups in total. The fourth-order valence-corrected chi connectivity index (χ4v) is 2.47. The third kappa shape index (κ3) is 3.18. The fraction of sp³-hybridized carbons (Fsp3) is 0.222. The van der Waals surface area contributed by atoms with Crippen molar-refractivity contribution >= 4 is 0 Å². The van der Waals surface area contributed by atoms with Gasteiger partial charge in [-0.3, -0.25) is 4.79 Å². The van der Waals surface area contributed by atoms with Gasteiger partial charge in [-0.25, -0.2) is 4.68 Å². The molecular formula is C18H19N3O2. The van der Waals surface area contributed by atoms with Crippen molar-refractivity contribution in [3.05, 3.63) is 65.3 Å². The molecule has 1 aromatic carbocycles. The molecule has 0 aliphatic heterocycles. The van der Waals surface area contributed by atoms with Gasteiger partial charge in [-0.05, 0) is 30.2 Å². The third-order valence-corrected chi connectivity index (χ3v) is 3.70. The van der Waals surface area contributed by atoms with Crippen LogP contribution in [-0.2, 0) is 6.54 Å². The minimum absolute atomic E-state index is 0.0122. The third-order valence-electron chi connectivity index (χ3n) is 3.70. The molecule has 0 bridgehead atoms. The number of methoxy groups -OCH3 is 1. The number of nitrogens with zero attached hydrogens (tertiary/aromatic N) is 3. The molecule has 118 valence electrons. The van der Waals surface area contributed by atoms with Crippen LogP contribution in [0.3, 0.4) is 0 Å². The zero-order chi connectivity index (χ0) is 16.2. The molecule has 2 aromatic heterocycles. The van der Waals surface area contributed by atoms with Gasteiger partial charge in [0.1, 0.15) is 5.75 Å². The van der Waals surface area contributed by atoms with Crippen LogP contribution >= 0.6 is 0 Å². The SMILES string of the molecule is CCCn1cc(-n2cc(-c3ccc(OC)cc3)cn2)ccc1=O. The van der Waals surface area contributed by atoms with E-state index in [-0.39, 0.29) is 5.56 Å². The Balaban J connectivity index is 1.92. The second-order valence-electron chi connectivity index (χ2n) is 5.32. The predicted molar refractivity (Wildman–Crippen MR) is 90.1 cm³/mol. The number of rotatable bonds is 5. The summed E-state index contributed by atoms with van der Waals surface area (Å²) in [6.07, 6.45) is 6.53. The first-order valence-electron chi connectivity index (χ1n) is 7.61. The van der Waals surface area contributed by atoms with E-state index < -0.39 is 0 Å². The maximum atomic E-state index is 11.8. The zero-order valence-electron chi connectivity index (χ0n) is 13.3. The van der Waals surface area contributed by atoms with Gasteiger partial charge in [0.15, 0.2) is 0 Å². The Morgan fingerprint density at radius 1 is 1.04 bits per heavy atom. The van der Waals surface area contributed by atoms with Gasteiger partial charge in [0.25, 0.3) is 5.56 Å². The molecule has 0 saturated carbocycles. The molecule has 3 aromatic rings. The number of aromatic nitrogens is 3. The monoisotopic (exact) mass is 309 g/mol. The van der Waals surface area contributed by atoms with Crippen LogP contribution in [0.2, 0.25) is 0 Å². The molecule has 0 aliphatic carbocycles. The van der Waals surface area contributed by atoms with E-state index in [9.17, 15) is 4.79 Å². The van der Waals surface area contributed by atoms with Gasteiger partial charge in [0, 0.05) is 30.6 Å². The molecular weight excluding hydrogens is 290 g/mol. The highest BCUT2D eigenvalue weighted by Gasteiger charge is 2.05. The van der Waals surface area contributed by atoms with E-state index in [1.807, 2.05) is 42.9 Å². The van der Waals surface area contributed by atoms with Gasteiger partial charge < -0.3 is 9.30 Å². The summed E-state index contributed by atoms with van der Waals surface area (Å²) >= 11 is 0. The first kappa shape index (κ1) is 15.1. The molecule has 3 rings (SSSR count). The van der Waals surface area contributed by atoms with Crippen molar-refractivity contribution in [2.75, 3.05) is 7.11 Å². The minimum atomic E-state index is 0.0122. The maximum Gasteiger partial charge on any atom is 0.250 e. The quantitative estimate of drug-likeness (QED) is 0.727. The molecule has 0 fully saturated rings. The van der Waals surface area contributed by atoms with Gasteiger partial charge in [-0.2, -0.15) is 5.10 Å². The first-order chi connectivity index (χ1) is 11.2. The average molecular weight is 309 g/mol. The Labute approximate surface area is 134 Å². The summed E-state index contributed by atoms with van der Waals surface area (Å²) in [6.45, 7) is 2.76. The zero-order valence-corrected chi connectivity index (χ0v) is 13.3. The Kier molecular flexibility index (Phi) is 4.28. The summed E-state index contributed by atoms with van der Waals surface area (Å²) in [4.78, 5) is 11.8. The van der Waals surface area contributed by atoms with Crippen LogP contribution in [0.5, 0.6) is 5.75 Å².